The highest BCUT2D eigenvalue weighted by molar-refractivity contribution is 6.13. The molecular formula is C48H31N3. The standard InChI is InChI=1S/C48H31N3/c1-7-22-42(35(16-1)32-14-13-15-33(30-32)49-43-23-8-2-17-36(43)37-18-3-9-24-44(37)49)51-47-27-12-6-21-40(47)41-31-34(28-29-48(41)51)50-45-25-10-4-19-38(45)39-20-5-11-26-46(39)50/h1-31H/i2D,4D,5D,6D,8D,10D,11D,12D,17D,19D,20D,21D,23D,25D,26D,27D,28D,29D,31D. The highest BCUT2D eigenvalue weighted by Gasteiger charge is 2.19. The zero-order valence-electron chi connectivity index (χ0n) is 45.3. The van der Waals surface area contributed by atoms with Crippen molar-refractivity contribution in [2.45, 2.75) is 0 Å². The molecule has 8 aromatic carbocycles. The van der Waals surface area contributed by atoms with Gasteiger partial charge in [-0.3, -0.25) is 0 Å². The molecule has 0 spiro atoms. The average Bonchev–Trinajstić information content (AvgIpc) is 4.03. The molecule has 11 aromatic rings. The normalized spacial score (nSPS) is 17.1. The Labute approximate surface area is 321 Å². The van der Waals surface area contributed by atoms with Crippen LogP contribution in [-0.2, 0) is 0 Å². The Morgan fingerprint density at radius 1 is 0.353 bits per heavy atom. The van der Waals surface area contributed by atoms with E-state index in [1.807, 2.05) is 0 Å². The van der Waals surface area contributed by atoms with Crippen molar-refractivity contribution in [2.75, 3.05) is 0 Å². The van der Waals surface area contributed by atoms with Crippen LogP contribution in [0.15, 0.2) is 188 Å². The third kappa shape index (κ3) is 4.06. The largest absolute Gasteiger partial charge is 0.309 e. The Bertz CT molecular complexity index is 4170. The maximum atomic E-state index is 9.98. The molecule has 0 bridgehead atoms. The van der Waals surface area contributed by atoms with Gasteiger partial charge in [-0.1, -0.05) is 121 Å². The molecule has 3 heterocycles. The summed E-state index contributed by atoms with van der Waals surface area (Å²) in [6, 6.07) is 9.68. The number of aromatic nitrogens is 3. The van der Waals surface area contributed by atoms with Gasteiger partial charge >= 0.3 is 0 Å². The van der Waals surface area contributed by atoms with Crippen molar-refractivity contribution >= 4 is 65.4 Å². The second kappa shape index (κ2) is 10.8. The van der Waals surface area contributed by atoms with Gasteiger partial charge in [0.2, 0.25) is 0 Å². The van der Waals surface area contributed by atoms with Crippen LogP contribution in [0.4, 0.5) is 0 Å². The summed E-state index contributed by atoms with van der Waals surface area (Å²) in [5, 5.41) is -0.199. The number of nitrogens with zero attached hydrogens (tertiary/aromatic N) is 3. The molecule has 0 fully saturated rings. The predicted molar refractivity (Wildman–Crippen MR) is 215 cm³/mol. The Morgan fingerprint density at radius 2 is 0.882 bits per heavy atom. The molecule has 0 aliphatic rings. The van der Waals surface area contributed by atoms with Crippen molar-refractivity contribution in [1.82, 2.24) is 13.7 Å². The summed E-state index contributed by atoms with van der Waals surface area (Å²) in [6.45, 7) is 0. The number of benzene rings is 8. The highest BCUT2D eigenvalue weighted by Crippen LogP contribution is 2.40. The van der Waals surface area contributed by atoms with E-state index >= 15 is 0 Å². The molecule has 0 N–H and O–H groups in total. The molecule has 3 aromatic heterocycles. The first kappa shape index (κ1) is 15.4. The summed E-state index contributed by atoms with van der Waals surface area (Å²) >= 11 is 0. The summed E-state index contributed by atoms with van der Waals surface area (Å²) in [7, 11) is 0. The van der Waals surface area contributed by atoms with E-state index in [1.165, 1.54) is 4.57 Å². The molecule has 0 radical (unpaired) electrons. The van der Waals surface area contributed by atoms with Gasteiger partial charge in [0.25, 0.3) is 0 Å². The first-order valence-corrected chi connectivity index (χ1v) is 16.0. The Morgan fingerprint density at radius 3 is 1.59 bits per heavy atom. The van der Waals surface area contributed by atoms with E-state index < -0.39 is 113 Å². The van der Waals surface area contributed by atoms with Crippen LogP contribution in [0.3, 0.4) is 0 Å². The minimum absolute atomic E-state index is 0.174. The van der Waals surface area contributed by atoms with E-state index in [0.29, 0.717) is 33.1 Å². The summed E-state index contributed by atoms with van der Waals surface area (Å²) < 4.78 is 175. The highest BCUT2D eigenvalue weighted by atomic mass is 15.0. The summed E-state index contributed by atoms with van der Waals surface area (Å²) in [6.07, 6.45) is 0. The molecule has 0 saturated carbocycles. The third-order valence-electron chi connectivity index (χ3n) is 9.27. The van der Waals surface area contributed by atoms with Crippen LogP contribution < -0.4 is 0 Å². The maximum absolute atomic E-state index is 9.98. The van der Waals surface area contributed by atoms with Gasteiger partial charge in [-0.05, 0) is 72.1 Å². The zero-order chi connectivity index (χ0) is 50.0. The molecular weight excluding hydrogens is 619 g/mol. The first-order valence-electron chi connectivity index (χ1n) is 25.5. The van der Waals surface area contributed by atoms with E-state index in [1.54, 1.807) is 77.4 Å². The summed E-state index contributed by atoms with van der Waals surface area (Å²) in [5.74, 6) is 0. The van der Waals surface area contributed by atoms with Crippen molar-refractivity contribution in [2.24, 2.45) is 0 Å². The minimum atomic E-state index is -0.740. The topological polar surface area (TPSA) is 14.8 Å². The van der Waals surface area contributed by atoms with Crippen LogP contribution in [-0.4, -0.2) is 13.7 Å². The van der Waals surface area contributed by atoms with Gasteiger partial charge in [-0.2, -0.15) is 0 Å². The number of rotatable bonds is 4. The van der Waals surface area contributed by atoms with Crippen LogP contribution in [0.2, 0.25) is 0 Å². The van der Waals surface area contributed by atoms with Crippen LogP contribution in [0.5, 0.6) is 0 Å². The van der Waals surface area contributed by atoms with Crippen LogP contribution in [0.1, 0.15) is 26.0 Å². The van der Waals surface area contributed by atoms with Crippen molar-refractivity contribution < 1.29 is 26.0 Å². The second-order valence-electron chi connectivity index (χ2n) is 11.9. The maximum Gasteiger partial charge on any atom is 0.0652 e. The van der Waals surface area contributed by atoms with Crippen molar-refractivity contribution in [3.05, 3.63) is 188 Å². The molecule has 11 rings (SSSR count). The first-order chi connectivity index (χ1) is 33.2. The number of hydrogen-bond acceptors (Lipinski definition) is 0. The van der Waals surface area contributed by atoms with Crippen LogP contribution in [0, 0.1) is 0 Å². The third-order valence-corrected chi connectivity index (χ3v) is 9.27. The van der Waals surface area contributed by atoms with Gasteiger partial charge in [0, 0.05) is 49.3 Å². The van der Waals surface area contributed by atoms with E-state index in [0.717, 1.165) is 4.57 Å². The van der Waals surface area contributed by atoms with Gasteiger partial charge in [0.15, 0.2) is 0 Å². The lowest BCUT2D eigenvalue weighted by Gasteiger charge is -2.16. The van der Waals surface area contributed by atoms with E-state index in [-0.39, 0.29) is 61.9 Å². The molecule has 0 aliphatic heterocycles. The van der Waals surface area contributed by atoms with Gasteiger partial charge in [0.05, 0.1) is 64.8 Å². The van der Waals surface area contributed by atoms with Crippen molar-refractivity contribution in [3.8, 4) is 28.2 Å². The van der Waals surface area contributed by atoms with Gasteiger partial charge in [0.1, 0.15) is 0 Å². The van der Waals surface area contributed by atoms with Gasteiger partial charge < -0.3 is 13.7 Å². The lowest BCUT2D eigenvalue weighted by Crippen LogP contribution is -1.99. The molecule has 0 amide bonds. The smallest absolute Gasteiger partial charge is 0.0652 e. The zero-order valence-corrected chi connectivity index (χ0v) is 26.3. The molecule has 0 atom stereocenters. The quantitative estimate of drug-likeness (QED) is 0.177. The number of fused-ring (bicyclic) bond motifs is 9. The fourth-order valence-electron chi connectivity index (χ4n) is 7.16. The van der Waals surface area contributed by atoms with Crippen molar-refractivity contribution in [3.63, 3.8) is 0 Å². The lowest BCUT2D eigenvalue weighted by atomic mass is 10.0. The average molecular weight is 669 g/mol. The van der Waals surface area contributed by atoms with E-state index in [4.69, 9.17) is 19.2 Å². The second-order valence-corrected chi connectivity index (χ2v) is 11.9. The summed E-state index contributed by atoms with van der Waals surface area (Å²) in [5.41, 5.74) is 0.834. The monoisotopic (exact) mass is 668 g/mol. The Hall–Kier alpha value is -6.84. The van der Waals surface area contributed by atoms with Crippen LogP contribution in [0.25, 0.3) is 93.6 Å². The van der Waals surface area contributed by atoms with Crippen molar-refractivity contribution in [1.29, 1.82) is 0 Å². The van der Waals surface area contributed by atoms with E-state index in [2.05, 4.69) is 0 Å². The molecule has 238 valence electrons. The van der Waals surface area contributed by atoms with Crippen LogP contribution >= 0.6 is 0 Å². The predicted octanol–water partition coefficient (Wildman–Crippen LogP) is 12.6. The van der Waals surface area contributed by atoms with Gasteiger partial charge in [-0.25, -0.2) is 0 Å². The minimum Gasteiger partial charge on any atom is -0.309 e. The Balaban J connectivity index is 1.27. The molecule has 3 heteroatoms. The van der Waals surface area contributed by atoms with Gasteiger partial charge in [-0.15, -0.1) is 0 Å². The molecule has 0 saturated heterocycles. The number of para-hydroxylation sites is 6. The fraction of sp³-hybridized carbons (Fsp3) is 0. The van der Waals surface area contributed by atoms with E-state index in [9.17, 15) is 6.85 Å². The Kier molecular flexibility index (Phi) is 3.26. The SMILES string of the molecule is [2H]c1c([2H])c([2H])c2c(c1[2H])c1ccccc1n2-c1cccc(-c2ccccc2-n2c3c([2H])c([2H])c([2H])c([2H])c3c3c([2H])c(-n4c5c([2H])c([2H])c([2H])c([2H])c5c5c([2H])c([2H])c([2H])c([2H])c54)c([2H])c([2H])c32)c1. The molecule has 0 unspecified atom stereocenters. The fourth-order valence-corrected chi connectivity index (χ4v) is 7.16. The number of hydrogen-bond donors (Lipinski definition) is 0. The molecule has 0 aliphatic carbocycles. The lowest BCUT2D eigenvalue weighted by molar-refractivity contribution is 1.16. The molecule has 51 heavy (non-hydrogen) atoms. The summed E-state index contributed by atoms with van der Waals surface area (Å²) in [4.78, 5) is 0. The molecule has 3 nitrogen and oxygen atoms in total.